The number of ether oxygens (including phenoxy) is 1. The van der Waals surface area contributed by atoms with Gasteiger partial charge in [0.05, 0.1) is 6.54 Å². The minimum absolute atomic E-state index is 0.0861. The summed E-state index contributed by atoms with van der Waals surface area (Å²) >= 11 is 0. The van der Waals surface area contributed by atoms with Gasteiger partial charge < -0.3 is 9.64 Å². The molecule has 4 saturated carbocycles. The zero-order valence-electron chi connectivity index (χ0n) is 10.7. The van der Waals surface area contributed by atoms with Gasteiger partial charge in [-0.05, 0) is 56.3 Å². The third-order valence-corrected chi connectivity index (χ3v) is 5.26. The highest BCUT2D eigenvalue weighted by atomic mass is 16.5. The first-order valence-electron chi connectivity index (χ1n) is 7.03. The Morgan fingerprint density at radius 3 is 2.06 bits per heavy atom. The van der Waals surface area contributed by atoms with Gasteiger partial charge in [-0.1, -0.05) is 0 Å². The van der Waals surface area contributed by atoms with Crippen molar-refractivity contribution in [2.75, 3.05) is 13.2 Å². The Morgan fingerprint density at radius 1 is 1.06 bits per heavy atom. The van der Waals surface area contributed by atoms with Crippen LogP contribution in [-0.4, -0.2) is 36.5 Å². The highest BCUT2D eigenvalue weighted by Gasteiger charge is 2.53. The smallest absolute Gasteiger partial charge is 0.293 e. The van der Waals surface area contributed by atoms with Crippen molar-refractivity contribution in [3.8, 4) is 0 Å². The number of nitrogens with zero attached hydrogens (tertiary/aromatic N) is 1. The Morgan fingerprint density at radius 2 is 1.61 bits per heavy atom. The van der Waals surface area contributed by atoms with Crippen LogP contribution >= 0.6 is 0 Å². The van der Waals surface area contributed by atoms with E-state index in [0.717, 1.165) is 24.2 Å². The third-order valence-electron chi connectivity index (χ3n) is 5.26. The Hall–Kier alpha value is -1.06. The quantitative estimate of drug-likeness (QED) is 0.532. The highest BCUT2D eigenvalue weighted by molar-refractivity contribution is 5.49. The zero-order chi connectivity index (χ0) is 12.6. The van der Waals surface area contributed by atoms with E-state index in [4.69, 9.17) is 4.74 Å². The molecule has 4 aliphatic carbocycles. The van der Waals surface area contributed by atoms with Gasteiger partial charge in [0.2, 0.25) is 6.41 Å². The number of carbonyl (C=O) groups is 2. The molecule has 4 aliphatic rings. The van der Waals surface area contributed by atoms with Crippen molar-refractivity contribution in [3.63, 3.8) is 0 Å². The van der Waals surface area contributed by atoms with Gasteiger partial charge in [0.25, 0.3) is 6.47 Å². The average Bonchev–Trinajstić information content (AvgIpc) is 2.32. The Balaban J connectivity index is 1.72. The Labute approximate surface area is 108 Å². The molecular formula is C14H21NO3. The summed E-state index contributed by atoms with van der Waals surface area (Å²) in [6.07, 6.45) is 8.59. The van der Waals surface area contributed by atoms with E-state index in [1.54, 1.807) is 0 Å². The molecule has 0 unspecified atom stereocenters. The topological polar surface area (TPSA) is 46.6 Å². The normalized spacial score (nSPS) is 40.6. The van der Waals surface area contributed by atoms with E-state index in [1.807, 2.05) is 4.90 Å². The maximum Gasteiger partial charge on any atom is 0.293 e. The second kappa shape index (κ2) is 4.56. The van der Waals surface area contributed by atoms with Crippen LogP contribution < -0.4 is 0 Å². The number of hydrogen-bond acceptors (Lipinski definition) is 3. The zero-order valence-corrected chi connectivity index (χ0v) is 10.7. The molecule has 0 aromatic carbocycles. The van der Waals surface area contributed by atoms with Gasteiger partial charge in [0, 0.05) is 5.54 Å². The minimum atomic E-state index is 0.0861. The summed E-state index contributed by atoms with van der Waals surface area (Å²) in [5.74, 6) is 2.47. The lowest BCUT2D eigenvalue weighted by Crippen LogP contribution is -2.60. The first-order valence-corrected chi connectivity index (χ1v) is 7.03. The molecule has 4 rings (SSSR count). The van der Waals surface area contributed by atoms with E-state index in [2.05, 4.69) is 0 Å². The van der Waals surface area contributed by atoms with Crippen LogP contribution in [0, 0.1) is 17.8 Å². The molecule has 0 radical (unpaired) electrons. The predicted octanol–water partition coefficient (Wildman–Crippen LogP) is 1.59. The SMILES string of the molecule is O=COCCN(C=O)C12CC3CC(CC(C3)C1)C2. The predicted molar refractivity (Wildman–Crippen MR) is 65.7 cm³/mol. The summed E-state index contributed by atoms with van der Waals surface area (Å²) in [6, 6.07) is 0. The van der Waals surface area contributed by atoms with Crippen LogP contribution in [0.15, 0.2) is 0 Å². The van der Waals surface area contributed by atoms with Crippen LogP contribution in [0.5, 0.6) is 0 Å². The van der Waals surface area contributed by atoms with Crippen LogP contribution in [0.2, 0.25) is 0 Å². The van der Waals surface area contributed by atoms with E-state index < -0.39 is 0 Å². The van der Waals surface area contributed by atoms with Crippen LogP contribution in [0.1, 0.15) is 38.5 Å². The number of rotatable bonds is 6. The summed E-state index contributed by atoms with van der Waals surface area (Å²) in [4.78, 5) is 23.5. The first kappa shape index (κ1) is 12.0. The second-order valence-corrected chi connectivity index (χ2v) is 6.41. The molecule has 1 amide bonds. The fourth-order valence-electron chi connectivity index (χ4n) is 5.02. The first-order chi connectivity index (χ1) is 8.75. The Bertz CT molecular complexity index is 307. The molecule has 0 spiro atoms. The van der Waals surface area contributed by atoms with E-state index >= 15 is 0 Å². The highest BCUT2D eigenvalue weighted by Crippen LogP contribution is 2.57. The lowest BCUT2D eigenvalue weighted by Gasteiger charge is -2.59. The fraction of sp³-hybridized carbons (Fsp3) is 0.857. The van der Waals surface area contributed by atoms with Crippen molar-refractivity contribution < 1.29 is 14.3 Å². The summed E-state index contributed by atoms with van der Waals surface area (Å²) in [5, 5.41) is 0. The van der Waals surface area contributed by atoms with Crippen molar-refractivity contribution >= 4 is 12.9 Å². The minimum Gasteiger partial charge on any atom is -0.466 e. The molecule has 0 heterocycles. The van der Waals surface area contributed by atoms with Crippen molar-refractivity contribution in [3.05, 3.63) is 0 Å². The maximum absolute atomic E-state index is 11.4. The molecular weight excluding hydrogens is 230 g/mol. The average molecular weight is 251 g/mol. The molecule has 0 saturated heterocycles. The lowest BCUT2D eigenvalue weighted by molar-refractivity contribution is -0.142. The molecule has 0 aromatic heterocycles. The van der Waals surface area contributed by atoms with E-state index in [1.165, 1.54) is 38.5 Å². The molecule has 0 atom stereocenters. The molecule has 0 N–H and O–H groups in total. The molecule has 4 nitrogen and oxygen atoms in total. The van der Waals surface area contributed by atoms with Crippen LogP contribution in [0.4, 0.5) is 0 Å². The number of amides is 1. The standard InChI is InChI=1S/C14H21NO3/c16-9-15(1-2-18-10-17)14-6-11-3-12(7-14)5-13(4-11)8-14/h9-13H,1-8H2. The third kappa shape index (κ3) is 1.91. The van der Waals surface area contributed by atoms with Gasteiger partial charge in [-0.15, -0.1) is 0 Å². The monoisotopic (exact) mass is 251 g/mol. The largest absolute Gasteiger partial charge is 0.466 e. The molecule has 0 aliphatic heterocycles. The van der Waals surface area contributed by atoms with Crippen molar-refractivity contribution in [2.24, 2.45) is 17.8 Å². The van der Waals surface area contributed by atoms with E-state index in [9.17, 15) is 9.59 Å². The number of carbonyl (C=O) groups excluding carboxylic acids is 2. The molecule has 0 aromatic rings. The summed E-state index contributed by atoms with van der Waals surface area (Å²) in [6.45, 7) is 1.33. The van der Waals surface area contributed by atoms with Crippen LogP contribution in [-0.2, 0) is 14.3 Å². The lowest BCUT2D eigenvalue weighted by atomic mass is 9.52. The molecule has 4 heteroatoms. The number of hydrogen-bond donors (Lipinski definition) is 0. The molecule has 4 bridgehead atoms. The second-order valence-electron chi connectivity index (χ2n) is 6.41. The molecule has 100 valence electrons. The van der Waals surface area contributed by atoms with Crippen molar-refractivity contribution in [1.29, 1.82) is 0 Å². The Kier molecular flexibility index (Phi) is 3.04. The van der Waals surface area contributed by atoms with Crippen molar-refractivity contribution in [1.82, 2.24) is 4.90 Å². The fourth-order valence-corrected chi connectivity index (χ4v) is 5.02. The molecule has 18 heavy (non-hydrogen) atoms. The molecule has 4 fully saturated rings. The van der Waals surface area contributed by atoms with Gasteiger partial charge in [0.1, 0.15) is 6.61 Å². The van der Waals surface area contributed by atoms with Crippen molar-refractivity contribution in [2.45, 2.75) is 44.1 Å². The van der Waals surface area contributed by atoms with Crippen LogP contribution in [0.3, 0.4) is 0 Å². The van der Waals surface area contributed by atoms with E-state index in [0.29, 0.717) is 19.6 Å². The van der Waals surface area contributed by atoms with Gasteiger partial charge in [-0.25, -0.2) is 0 Å². The summed E-state index contributed by atoms with van der Waals surface area (Å²) < 4.78 is 4.75. The van der Waals surface area contributed by atoms with Gasteiger partial charge >= 0.3 is 0 Å². The maximum atomic E-state index is 11.4. The summed E-state index contributed by atoms with van der Waals surface area (Å²) in [7, 11) is 0. The van der Waals surface area contributed by atoms with Gasteiger partial charge in [0.15, 0.2) is 0 Å². The van der Waals surface area contributed by atoms with Crippen LogP contribution in [0.25, 0.3) is 0 Å². The van der Waals surface area contributed by atoms with Gasteiger partial charge in [-0.3, -0.25) is 9.59 Å². The van der Waals surface area contributed by atoms with E-state index in [-0.39, 0.29) is 5.54 Å². The summed E-state index contributed by atoms with van der Waals surface area (Å²) in [5.41, 5.74) is 0.0861. The van der Waals surface area contributed by atoms with Gasteiger partial charge in [-0.2, -0.15) is 0 Å².